The fourth-order valence-corrected chi connectivity index (χ4v) is 4.41. The van der Waals surface area contributed by atoms with E-state index in [0.717, 1.165) is 30.9 Å². The maximum atomic E-state index is 13.0. The van der Waals surface area contributed by atoms with Crippen LogP contribution >= 0.6 is 0 Å². The first kappa shape index (κ1) is 15.1. The number of carbonyl (C=O) groups excluding carboxylic acids is 1. The molecule has 2 atom stereocenters. The normalized spacial score (nSPS) is 29.0. The lowest BCUT2D eigenvalue weighted by Crippen LogP contribution is -2.56. The summed E-state index contributed by atoms with van der Waals surface area (Å²) in [6, 6.07) is 4.74. The number of likely N-dealkylation sites (tertiary alicyclic amines) is 2. The van der Waals surface area contributed by atoms with E-state index in [-0.39, 0.29) is 5.91 Å². The average Bonchev–Trinajstić information content (AvgIpc) is 3.43. The summed E-state index contributed by atoms with van der Waals surface area (Å²) in [5.41, 5.74) is 0.742. The van der Waals surface area contributed by atoms with Crippen LogP contribution in [-0.2, 0) is 0 Å². The van der Waals surface area contributed by atoms with Crippen molar-refractivity contribution in [2.75, 3.05) is 19.6 Å². The third-order valence-electron chi connectivity index (χ3n) is 5.77. The van der Waals surface area contributed by atoms with Crippen LogP contribution in [0.2, 0.25) is 0 Å². The molecule has 1 aromatic heterocycles. The summed E-state index contributed by atoms with van der Waals surface area (Å²) in [6.45, 7) is 3.40. The molecule has 3 heterocycles. The molecule has 4 nitrogen and oxygen atoms in total. The number of rotatable bonds is 3. The summed E-state index contributed by atoms with van der Waals surface area (Å²) in [5, 5.41) is 0. The zero-order valence-corrected chi connectivity index (χ0v) is 13.9. The van der Waals surface area contributed by atoms with Crippen LogP contribution in [0.4, 0.5) is 0 Å². The Morgan fingerprint density at radius 3 is 2.74 bits per heavy atom. The van der Waals surface area contributed by atoms with Gasteiger partial charge in [0.15, 0.2) is 0 Å². The first-order valence-electron chi connectivity index (χ1n) is 9.28. The Balaban J connectivity index is 1.54. The smallest absolute Gasteiger partial charge is 0.255 e. The number of carbonyl (C=O) groups is 1. The summed E-state index contributed by atoms with van der Waals surface area (Å²) in [6.07, 6.45) is 12.4. The molecule has 1 aliphatic carbocycles. The van der Waals surface area contributed by atoms with Gasteiger partial charge in [0, 0.05) is 37.6 Å². The van der Waals surface area contributed by atoms with Gasteiger partial charge in [0.25, 0.3) is 5.91 Å². The second-order valence-corrected chi connectivity index (χ2v) is 7.45. The predicted octanol–water partition coefficient (Wildman–Crippen LogP) is 2.95. The van der Waals surface area contributed by atoms with Gasteiger partial charge in [-0.15, -0.1) is 0 Å². The van der Waals surface area contributed by atoms with Gasteiger partial charge in [0.2, 0.25) is 0 Å². The summed E-state index contributed by atoms with van der Waals surface area (Å²) in [7, 11) is 0. The van der Waals surface area contributed by atoms with E-state index in [0.29, 0.717) is 12.1 Å². The third kappa shape index (κ3) is 3.27. The second kappa shape index (κ2) is 6.60. The van der Waals surface area contributed by atoms with Crippen molar-refractivity contribution < 1.29 is 4.79 Å². The molecule has 2 aliphatic heterocycles. The molecule has 1 amide bonds. The van der Waals surface area contributed by atoms with E-state index < -0.39 is 0 Å². The van der Waals surface area contributed by atoms with E-state index >= 15 is 0 Å². The minimum absolute atomic E-state index is 0.182. The van der Waals surface area contributed by atoms with E-state index in [2.05, 4.69) is 14.8 Å². The van der Waals surface area contributed by atoms with Crippen molar-refractivity contribution in [1.29, 1.82) is 0 Å². The topological polar surface area (TPSA) is 36.4 Å². The number of hydrogen-bond donors (Lipinski definition) is 0. The molecule has 1 aromatic rings. The molecular formula is C19H27N3O. The van der Waals surface area contributed by atoms with E-state index in [1.54, 1.807) is 12.4 Å². The second-order valence-electron chi connectivity index (χ2n) is 7.45. The third-order valence-corrected chi connectivity index (χ3v) is 5.77. The first-order chi connectivity index (χ1) is 11.3. The number of aromatic nitrogens is 1. The zero-order chi connectivity index (χ0) is 15.6. The maximum Gasteiger partial charge on any atom is 0.255 e. The molecule has 0 spiro atoms. The highest BCUT2D eigenvalue weighted by Crippen LogP contribution is 2.35. The van der Waals surface area contributed by atoms with Crippen LogP contribution in [0.5, 0.6) is 0 Å². The molecule has 0 radical (unpaired) electrons. The van der Waals surface area contributed by atoms with Crippen molar-refractivity contribution in [3.05, 3.63) is 30.1 Å². The first-order valence-corrected chi connectivity index (χ1v) is 9.28. The zero-order valence-electron chi connectivity index (χ0n) is 13.9. The molecule has 124 valence electrons. The Bertz CT molecular complexity index is 543. The lowest BCUT2D eigenvalue weighted by Gasteiger charge is -2.45. The van der Waals surface area contributed by atoms with Gasteiger partial charge < -0.3 is 4.90 Å². The Labute approximate surface area is 138 Å². The van der Waals surface area contributed by atoms with Gasteiger partial charge in [0.1, 0.15) is 0 Å². The number of fused-ring (bicyclic) bond motifs is 1. The highest BCUT2D eigenvalue weighted by atomic mass is 16.2. The lowest BCUT2D eigenvalue weighted by atomic mass is 9.91. The summed E-state index contributed by atoms with van der Waals surface area (Å²) in [4.78, 5) is 22.0. The molecule has 1 saturated carbocycles. The monoisotopic (exact) mass is 313 g/mol. The Morgan fingerprint density at radius 2 is 1.96 bits per heavy atom. The number of amides is 1. The van der Waals surface area contributed by atoms with Gasteiger partial charge in [-0.25, -0.2) is 0 Å². The van der Waals surface area contributed by atoms with Crippen LogP contribution in [0.25, 0.3) is 0 Å². The van der Waals surface area contributed by atoms with E-state index in [1.807, 2.05) is 12.1 Å². The molecule has 0 N–H and O–H groups in total. The van der Waals surface area contributed by atoms with Crippen molar-refractivity contribution in [1.82, 2.24) is 14.8 Å². The fraction of sp³-hybridized carbons (Fsp3) is 0.684. The van der Waals surface area contributed by atoms with Crippen LogP contribution < -0.4 is 0 Å². The quantitative estimate of drug-likeness (QED) is 0.861. The van der Waals surface area contributed by atoms with Crippen LogP contribution in [-0.4, -0.2) is 52.4 Å². The molecule has 3 aliphatic rings. The van der Waals surface area contributed by atoms with Crippen molar-refractivity contribution in [2.45, 2.75) is 57.0 Å². The lowest BCUT2D eigenvalue weighted by molar-refractivity contribution is 0.0327. The summed E-state index contributed by atoms with van der Waals surface area (Å²) in [5.74, 6) is 1.11. The predicted molar refractivity (Wildman–Crippen MR) is 90.2 cm³/mol. The highest BCUT2D eigenvalue weighted by Gasteiger charge is 2.40. The number of pyridine rings is 1. The van der Waals surface area contributed by atoms with E-state index in [1.165, 1.54) is 45.2 Å². The molecule has 4 heteroatoms. The van der Waals surface area contributed by atoms with Crippen molar-refractivity contribution in [2.24, 2.45) is 5.92 Å². The Kier molecular flexibility index (Phi) is 4.34. The van der Waals surface area contributed by atoms with Crippen LogP contribution in [0.3, 0.4) is 0 Å². The van der Waals surface area contributed by atoms with Gasteiger partial charge in [0.05, 0.1) is 5.56 Å². The van der Waals surface area contributed by atoms with Crippen molar-refractivity contribution in [3.8, 4) is 0 Å². The fourth-order valence-electron chi connectivity index (χ4n) is 4.41. The number of hydrogen-bond acceptors (Lipinski definition) is 3. The number of nitrogens with zero attached hydrogens (tertiary/aromatic N) is 3. The molecule has 23 heavy (non-hydrogen) atoms. The van der Waals surface area contributed by atoms with Gasteiger partial charge >= 0.3 is 0 Å². The van der Waals surface area contributed by atoms with E-state index in [4.69, 9.17) is 0 Å². The molecule has 4 rings (SSSR count). The molecule has 0 aromatic carbocycles. The molecule has 0 bridgehead atoms. The minimum atomic E-state index is 0.182. The standard InChI is InChI=1S/C19H27N3O/c23-19(16-5-3-10-20-13-16)22-12-4-7-17-18(22)6-1-2-11-21(17)14-15-8-9-15/h3,5,10,13,15,17-18H,1-2,4,6-9,11-12,14H2/t17-,18-/m1/s1. The van der Waals surface area contributed by atoms with Gasteiger partial charge in [-0.3, -0.25) is 14.7 Å². The molecule has 0 unspecified atom stereocenters. The average molecular weight is 313 g/mol. The number of piperidine rings is 1. The van der Waals surface area contributed by atoms with Crippen molar-refractivity contribution >= 4 is 5.91 Å². The van der Waals surface area contributed by atoms with Gasteiger partial charge in [-0.2, -0.15) is 0 Å². The van der Waals surface area contributed by atoms with Crippen LogP contribution in [0, 0.1) is 5.92 Å². The summed E-state index contributed by atoms with van der Waals surface area (Å²) < 4.78 is 0. The molecule has 2 saturated heterocycles. The summed E-state index contributed by atoms with van der Waals surface area (Å²) >= 11 is 0. The van der Waals surface area contributed by atoms with E-state index in [9.17, 15) is 4.79 Å². The van der Waals surface area contributed by atoms with Crippen molar-refractivity contribution in [3.63, 3.8) is 0 Å². The Morgan fingerprint density at radius 1 is 1.09 bits per heavy atom. The van der Waals surface area contributed by atoms with Crippen LogP contribution in [0.15, 0.2) is 24.5 Å². The van der Waals surface area contributed by atoms with Gasteiger partial charge in [-0.05, 0) is 63.1 Å². The Hall–Kier alpha value is -1.42. The largest absolute Gasteiger partial charge is 0.334 e. The maximum absolute atomic E-state index is 13.0. The molecular weight excluding hydrogens is 286 g/mol. The van der Waals surface area contributed by atoms with Crippen LogP contribution in [0.1, 0.15) is 55.3 Å². The highest BCUT2D eigenvalue weighted by molar-refractivity contribution is 5.94. The SMILES string of the molecule is O=C(c1cccnc1)N1CCC[C@@H]2[C@H]1CCCCN2CC1CC1. The minimum Gasteiger partial charge on any atom is -0.334 e. The van der Waals surface area contributed by atoms with Gasteiger partial charge in [-0.1, -0.05) is 6.42 Å². The molecule has 3 fully saturated rings.